The van der Waals surface area contributed by atoms with E-state index in [0.29, 0.717) is 18.0 Å². The Balaban J connectivity index is 1.73. The second kappa shape index (κ2) is 6.10. The van der Waals surface area contributed by atoms with Crippen LogP contribution >= 0.6 is 0 Å². The fourth-order valence-corrected chi connectivity index (χ4v) is 2.68. The number of para-hydroxylation sites is 2. The number of aliphatic hydroxyl groups excluding tert-OH is 1. The highest BCUT2D eigenvalue weighted by atomic mass is 16.3. The molecule has 1 aliphatic heterocycles. The summed E-state index contributed by atoms with van der Waals surface area (Å²) in [6, 6.07) is 7.41. The molecule has 0 spiro atoms. The molecule has 21 heavy (non-hydrogen) atoms. The number of aliphatic hydroxyl groups is 1. The van der Waals surface area contributed by atoms with Crippen molar-refractivity contribution in [2.45, 2.75) is 25.3 Å². The summed E-state index contributed by atoms with van der Waals surface area (Å²) >= 11 is 0. The number of nitrogens with zero attached hydrogens (tertiary/aromatic N) is 2. The Morgan fingerprint density at radius 1 is 1.43 bits per heavy atom. The first-order chi connectivity index (χ1) is 10.3. The molecule has 0 aliphatic carbocycles. The van der Waals surface area contributed by atoms with Gasteiger partial charge in [-0.1, -0.05) is 12.1 Å². The van der Waals surface area contributed by atoms with Crippen LogP contribution < -0.4 is 0 Å². The van der Waals surface area contributed by atoms with Crippen molar-refractivity contribution in [1.82, 2.24) is 9.88 Å². The van der Waals surface area contributed by atoms with E-state index in [4.69, 9.17) is 4.42 Å². The maximum Gasteiger partial charge on any atom is 0.247 e. The van der Waals surface area contributed by atoms with Gasteiger partial charge in [-0.05, 0) is 31.4 Å². The summed E-state index contributed by atoms with van der Waals surface area (Å²) < 4.78 is 5.54. The number of aromatic nitrogens is 1. The molecule has 1 aromatic heterocycles. The van der Waals surface area contributed by atoms with Gasteiger partial charge in [-0.25, -0.2) is 4.98 Å². The van der Waals surface area contributed by atoms with Crippen LogP contribution in [0.1, 0.15) is 25.2 Å². The van der Waals surface area contributed by atoms with Gasteiger partial charge in [0.2, 0.25) is 11.8 Å². The molecule has 1 N–H and O–H groups in total. The molecule has 1 fully saturated rings. The van der Waals surface area contributed by atoms with Gasteiger partial charge in [0, 0.05) is 18.7 Å². The number of benzene rings is 1. The quantitative estimate of drug-likeness (QED) is 0.879. The predicted octanol–water partition coefficient (Wildman–Crippen LogP) is 2.21. The van der Waals surface area contributed by atoms with Crippen molar-refractivity contribution < 1.29 is 14.3 Å². The molecule has 5 nitrogen and oxygen atoms in total. The first-order valence-corrected chi connectivity index (χ1v) is 7.23. The third-order valence-electron chi connectivity index (χ3n) is 3.80. The molecule has 1 aromatic carbocycles. The van der Waals surface area contributed by atoms with Crippen molar-refractivity contribution in [3.05, 3.63) is 36.2 Å². The van der Waals surface area contributed by atoms with Crippen molar-refractivity contribution in [2.75, 3.05) is 13.2 Å². The topological polar surface area (TPSA) is 66.6 Å². The van der Waals surface area contributed by atoms with Crippen LogP contribution in [0.2, 0.25) is 0 Å². The third kappa shape index (κ3) is 2.97. The van der Waals surface area contributed by atoms with Gasteiger partial charge in [0.25, 0.3) is 0 Å². The number of amides is 1. The first kappa shape index (κ1) is 13.8. The van der Waals surface area contributed by atoms with E-state index >= 15 is 0 Å². The van der Waals surface area contributed by atoms with E-state index < -0.39 is 0 Å². The molecule has 0 radical (unpaired) electrons. The molecule has 0 saturated carbocycles. The van der Waals surface area contributed by atoms with Crippen LogP contribution in [0.25, 0.3) is 17.2 Å². The number of carbonyl (C=O) groups is 1. The number of likely N-dealkylation sites (tertiary alicyclic amines) is 1. The van der Waals surface area contributed by atoms with Crippen molar-refractivity contribution in [3.63, 3.8) is 0 Å². The molecule has 1 atom stereocenters. The summed E-state index contributed by atoms with van der Waals surface area (Å²) in [4.78, 5) is 18.2. The highest BCUT2D eigenvalue weighted by Gasteiger charge is 2.24. The van der Waals surface area contributed by atoms with Gasteiger partial charge in [-0.3, -0.25) is 4.79 Å². The van der Waals surface area contributed by atoms with E-state index in [9.17, 15) is 9.90 Å². The van der Waals surface area contributed by atoms with Crippen LogP contribution in [0.4, 0.5) is 0 Å². The third-order valence-corrected chi connectivity index (χ3v) is 3.80. The minimum Gasteiger partial charge on any atom is -0.437 e. The highest BCUT2D eigenvalue weighted by molar-refractivity contribution is 5.91. The van der Waals surface area contributed by atoms with Crippen LogP contribution in [0.5, 0.6) is 0 Å². The number of hydrogen-bond acceptors (Lipinski definition) is 4. The largest absolute Gasteiger partial charge is 0.437 e. The average Bonchev–Trinajstić information content (AvgIpc) is 2.95. The van der Waals surface area contributed by atoms with E-state index in [-0.39, 0.29) is 18.6 Å². The molecule has 1 amide bonds. The summed E-state index contributed by atoms with van der Waals surface area (Å²) in [6.07, 6.45) is 5.96. The Bertz CT molecular complexity index is 629. The first-order valence-electron chi connectivity index (χ1n) is 7.23. The molecule has 3 rings (SSSR count). The van der Waals surface area contributed by atoms with Gasteiger partial charge in [0.05, 0.1) is 12.6 Å². The van der Waals surface area contributed by atoms with Gasteiger partial charge in [-0.15, -0.1) is 0 Å². The van der Waals surface area contributed by atoms with E-state index in [0.717, 1.165) is 24.8 Å². The lowest BCUT2D eigenvalue weighted by atomic mass is 10.0. The van der Waals surface area contributed by atoms with Gasteiger partial charge in [-0.2, -0.15) is 0 Å². The van der Waals surface area contributed by atoms with Gasteiger partial charge in [0.1, 0.15) is 5.52 Å². The molecule has 5 heteroatoms. The lowest BCUT2D eigenvalue weighted by molar-refractivity contribution is -0.130. The zero-order valence-corrected chi connectivity index (χ0v) is 11.7. The summed E-state index contributed by atoms with van der Waals surface area (Å²) in [5.41, 5.74) is 1.48. The van der Waals surface area contributed by atoms with Gasteiger partial charge >= 0.3 is 0 Å². The smallest absolute Gasteiger partial charge is 0.247 e. The van der Waals surface area contributed by atoms with Crippen molar-refractivity contribution in [1.29, 1.82) is 0 Å². The standard InChI is InChI=1S/C16H18N2O3/c19-11-12-5-3-4-10-18(12)16(20)9-8-15-17-13-6-1-2-7-14(13)21-15/h1-2,6-9,12,19H,3-5,10-11H2/b9-8+. The van der Waals surface area contributed by atoms with Crippen molar-refractivity contribution in [2.24, 2.45) is 0 Å². The number of oxazole rings is 1. The number of hydrogen-bond donors (Lipinski definition) is 1. The molecule has 2 heterocycles. The van der Waals surface area contributed by atoms with Gasteiger partial charge < -0.3 is 14.4 Å². The monoisotopic (exact) mass is 286 g/mol. The lowest BCUT2D eigenvalue weighted by Gasteiger charge is -2.33. The normalized spacial score (nSPS) is 19.5. The molecular formula is C16H18N2O3. The molecule has 0 bridgehead atoms. The minimum absolute atomic E-state index is 0.0163. The zero-order valence-electron chi connectivity index (χ0n) is 11.7. The Morgan fingerprint density at radius 2 is 2.29 bits per heavy atom. The van der Waals surface area contributed by atoms with Gasteiger partial charge in [0.15, 0.2) is 5.58 Å². The Morgan fingerprint density at radius 3 is 3.10 bits per heavy atom. The minimum atomic E-state index is -0.101. The SMILES string of the molecule is O=C(/C=C/c1nc2ccccc2o1)N1CCCCC1CO. The van der Waals surface area contributed by atoms with Crippen LogP contribution in [-0.2, 0) is 4.79 Å². The summed E-state index contributed by atoms with van der Waals surface area (Å²) in [6.45, 7) is 0.713. The van der Waals surface area contributed by atoms with Crippen molar-refractivity contribution >= 4 is 23.1 Å². The summed E-state index contributed by atoms with van der Waals surface area (Å²) in [7, 11) is 0. The molecule has 1 aliphatic rings. The fraction of sp³-hybridized carbons (Fsp3) is 0.375. The Labute approximate surface area is 122 Å². The molecule has 110 valence electrons. The van der Waals surface area contributed by atoms with E-state index in [1.807, 2.05) is 24.3 Å². The number of fused-ring (bicyclic) bond motifs is 1. The average molecular weight is 286 g/mol. The number of rotatable bonds is 3. The van der Waals surface area contributed by atoms with Crippen LogP contribution in [0.3, 0.4) is 0 Å². The molecule has 2 aromatic rings. The van der Waals surface area contributed by atoms with E-state index in [1.165, 1.54) is 6.08 Å². The highest BCUT2D eigenvalue weighted by Crippen LogP contribution is 2.18. The Hall–Kier alpha value is -2.14. The van der Waals surface area contributed by atoms with Crippen LogP contribution in [0, 0.1) is 0 Å². The fourth-order valence-electron chi connectivity index (χ4n) is 2.68. The maximum absolute atomic E-state index is 12.2. The molecule has 1 saturated heterocycles. The summed E-state index contributed by atoms with van der Waals surface area (Å²) in [5, 5.41) is 9.34. The van der Waals surface area contributed by atoms with Crippen LogP contribution in [-0.4, -0.2) is 40.1 Å². The number of piperidine rings is 1. The number of carbonyl (C=O) groups excluding carboxylic acids is 1. The van der Waals surface area contributed by atoms with Crippen molar-refractivity contribution in [3.8, 4) is 0 Å². The van der Waals surface area contributed by atoms with Crippen LogP contribution in [0.15, 0.2) is 34.8 Å². The predicted molar refractivity (Wildman–Crippen MR) is 79.5 cm³/mol. The van der Waals surface area contributed by atoms with E-state index in [1.54, 1.807) is 11.0 Å². The zero-order chi connectivity index (χ0) is 14.7. The second-order valence-corrected chi connectivity index (χ2v) is 5.22. The summed E-state index contributed by atoms with van der Waals surface area (Å²) in [5.74, 6) is 0.318. The van der Waals surface area contributed by atoms with E-state index in [2.05, 4.69) is 4.98 Å². The maximum atomic E-state index is 12.2. The second-order valence-electron chi connectivity index (χ2n) is 5.22. The lowest BCUT2D eigenvalue weighted by Crippen LogP contribution is -2.44. The molecule has 1 unspecified atom stereocenters. The molecular weight excluding hydrogens is 268 g/mol. The Kier molecular flexibility index (Phi) is 4.01.